The van der Waals surface area contributed by atoms with Gasteiger partial charge >= 0.3 is 0 Å². The topological polar surface area (TPSA) is 66.5 Å². The molecule has 1 heterocycles. The minimum absolute atomic E-state index is 0.00351. The highest BCUT2D eigenvalue weighted by molar-refractivity contribution is 6.03. The summed E-state index contributed by atoms with van der Waals surface area (Å²) in [4.78, 5) is 36.9. The maximum Gasteiger partial charge on any atom is 0.246 e. The Balaban J connectivity index is 2.02. The molecule has 2 rings (SSSR count). The van der Waals surface area contributed by atoms with Crippen molar-refractivity contribution < 1.29 is 18.8 Å². The maximum atomic E-state index is 12.8. The highest BCUT2D eigenvalue weighted by atomic mass is 19.1. The molecule has 0 atom stereocenters. The molecule has 0 spiro atoms. The van der Waals surface area contributed by atoms with Gasteiger partial charge in [0.15, 0.2) is 5.78 Å². The number of ketones is 1. The fraction of sp³-hybridized carbons (Fsp3) is 0.400. The highest BCUT2D eigenvalue weighted by Crippen LogP contribution is 2.18. The molecule has 0 bridgehead atoms. The van der Waals surface area contributed by atoms with Gasteiger partial charge in [-0.25, -0.2) is 4.39 Å². The monoisotopic (exact) mass is 292 g/mol. The number of amides is 2. The Bertz CT molecular complexity index is 581. The Hall–Kier alpha value is -2.08. The van der Waals surface area contributed by atoms with E-state index >= 15 is 0 Å². The van der Waals surface area contributed by atoms with Gasteiger partial charge in [0.2, 0.25) is 11.8 Å². The van der Waals surface area contributed by atoms with Crippen LogP contribution in [0, 0.1) is 5.82 Å². The highest BCUT2D eigenvalue weighted by Gasteiger charge is 2.41. The summed E-state index contributed by atoms with van der Waals surface area (Å²) in [5, 5.41) is 2.26. The van der Waals surface area contributed by atoms with E-state index in [9.17, 15) is 18.8 Å². The number of hydrogen-bond donors (Lipinski definition) is 1. The first kappa shape index (κ1) is 15.3. The molecule has 1 aromatic carbocycles. The Kier molecular flexibility index (Phi) is 4.18. The van der Waals surface area contributed by atoms with Gasteiger partial charge in [-0.3, -0.25) is 24.6 Å². The molecule has 0 radical (unpaired) electrons. The summed E-state index contributed by atoms with van der Waals surface area (Å²) in [7, 11) is 0. The Morgan fingerprint density at radius 2 is 1.90 bits per heavy atom. The van der Waals surface area contributed by atoms with Crippen LogP contribution in [0.3, 0.4) is 0 Å². The average Bonchev–Trinajstić information content (AvgIpc) is 2.39. The molecule has 1 fully saturated rings. The third-order valence-corrected chi connectivity index (χ3v) is 3.62. The van der Waals surface area contributed by atoms with Crippen LogP contribution in [-0.4, -0.2) is 41.1 Å². The van der Waals surface area contributed by atoms with Crippen LogP contribution in [-0.2, 0) is 20.8 Å². The summed E-state index contributed by atoms with van der Waals surface area (Å²) in [6, 6.07) is 5.69. The number of halogens is 1. The molecule has 112 valence electrons. The van der Waals surface area contributed by atoms with E-state index in [2.05, 4.69) is 5.32 Å². The summed E-state index contributed by atoms with van der Waals surface area (Å²) >= 11 is 0. The number of rotatable bonds is 4. The van der Waals surface area contributed by atoms with Gasteiger partial charge in [0, 0.05) is 6.42 Å². The first-order valence-corrected chi connectivity index (χ1v) is 6.64. The van der Waals surface area contributed by atoms with Crippen LogP contribution >= 0.6 is 0 Å². The van der Waals surface area contributed by atoms with Gasteiger partial charge in [-0.15, -0.1) is 0 Å². The van der Waals surface area contributed by atoms with Crippen molar-refractivity contribution in [1.82, 2.24) is 10.2 Å². The Labute approximate surface area is 122 Å². The lowest BCUT2D eigenvalue weighted by Gasteiger charge is -2.39. The number of piperazine rings is 1. The van der Waals surface area contributed by atoms with E-state index < -0.39 is 17.4 Å². The van der Waals surface area contributed by atoms with E-state index in [1.807, 2.05) is 0 Å². The lowest BCUT2D eigenvalue weighted by molar-refractivity contribution is -0.146. The molecule has 1 N–H and O–H groups in total. The molecule has 0 aliphatic carbocycles. The van der Waals surface area contributed by atoms with Crippen LogP contribution in [0.25, 0.3) is 0 Å². The molecular weight excluding hydrogens is 275 g/mol. The summed E-state index contributed by atoms with van der Waals surface area (Å²) in [6.45, 7) is 3.34. The average molecular weight is 292 g/mol. The van der Waals surface area contributed by atoms with Crippen LogP contribution in [0.5, 0.6) is 0 Å². The third-order valence-electron chi connectivity index (χ3n) is 3.62. The first-order valence-electron chi connectivity index (χ1n) is 6.64. The van der Waals surface area contributed by atoms with Crippen molar-refractivity contribution in [1.29, 1.82) is 0 Å². The minimum Gasteiger partial charge on any atom is -0.298 e. The first-order chi connectivity index (χ1) is 9.79. The van der Waals surface area contributed by atoms with Gasteiger partial charge in [0.1, 0.15) is 5.82 Å². The fourth-order valence-electron chi connectivity index (χ4n) is 2.19. The lowest BCUT2D eigenvalue weighted by atomic mass is 9.97. The molecule has 1 saturated heterocycles. The molecule has 0 saturated carbocycles. The van der Waals surface area contributed by atoms with Gasteiger partial charge in [-0.1, -0.05) is 12.1 Å². The SMILES string of the molecule is CC1(C)C(=O)NC(=O)CN1CC(=O)Cc1ccc(F)cc1. The quantitative estimate of drug-likeness (QED) is 0.829. The van der Waals surface area contributed by atoms with Crippen molar-refractivity contribution in [3.63, 3.8) is 0 Å². The number of imide groups is 1. The van der Waals surface area contributed by atoms with E-state index in [1.165, 1.54) is 12.1 Å². The summed E-state index contributed by atoms with van der Waals surface area (Å²) in [5.74, 6) is -1.30. The second-order valence-corrected chi connectivity index (χ2v) is 5.63. The molecule has 0 aromatic heterocycles. The van der Waals surface area contributed by atoms with Crippen LogP contribution in [0.15, 0.2) is 24.3 Å². The van der Waals surface area contributed by atoms with Crippen LogP contribution in [0.4, 0.5) is 4.39 Å². The van der Waals surface area contributed by atoms with Gasteiger partial charge in [-0.2, -0.15) is 0 Å². The lowest BCUT2D eigenvalue weighted by Crippen LogP contribution is -2.64. The second kappa shape index (κ2) is 5.73. The molecule has 21 heavy (non-hydrogen) atoms. The molecule has 1 aliphatic rings. The third kappa shape index (κ3) is 3.52. The number of carbonyl (C=O) groups excluding carboxylic acids is 3. The number of carbonyl (C=O) groups is 3. The van der Waals surface area contributed by atoms with Crippen molar-refractivity contribution in [2.45, 2.75) is 25.8 Å². The number of benzene rings is 1. The predicted octanol–water partition coefficient (Wildman–Crippen LogP) is 0.674. The number of nitrogens with zero attached hydrogens (tertiary/aromatic N) is 1. The zero-order valence-electron chi connectivity index (χ0n) is 12.0. The zero-order valence-corrected chi connectivity index (χ0v) is 12.0. The van der Waals surface area contributed by atoms with E-state index in [4.69, 9.17) is 0 Å². The second-order valence-electron chi connectivity index (χ2n) is 5.63. The smallest absolute Gasteiger partial charge is 0.246 e. The Morgan fingerprint density at radius 1 is 1.29 bits per heavy atom. The number of nitrogens with one attached hydrogen (secondary N) is 1. The number of Topliss-reactive ketones (excluding diaryl/α,β-unsaturated/α-hetero) is 1. The normalized spacial score (nSPS) is 18.4. The maximum absolute atomic E-state index is 12.8. The molecule has 0 unspecified atom stereocenters. The summed E-state index contributed by atoms with van der Waals surface area (Å²) in [6.07, 6.45) is 0.142. The zero-order chi connectivity index (χ0) is 15.6. The van der Waals surface area contributed by atoms with E-state index in [1.54, 1.807) is 30.9 Å². The summed E-state index contributed by atoms with van der Waals surface area (Å²) < 4.78 is 12.8. The number of hydrogen-bond acceptors (Lipinski definition) is 4. The van der Waals surface area contributed by atoms with E-state index in [0.717, 1.165) is 0 Å². The molecule has 1 aliphatic heterocycles. The largest absolute Gasteiger partial charge is 0.298 e. The Morgan fingerprint density at radius 3 is 2.52 bits per heavy atom. The van der Waals surface area contributed by atoms with Crippen LogP contribution < -0.4 is 5.32 Å². The molecule has 1 aromatic rings. The van der Waals surface area contributed by atoms with Crippen molar-refractivity contribution >= 4 is 17.6 Å². The molecule has 5 nitrogen and oxygen atoms in total. The van der Waals surface area contributed by atoms with Gasteiger partial charge in [-0.05, 0) is 31.5 Å². The van der Waals surface area contributed by atoms with Crippen LogP contribution in [0.1, 0.15) is 19.4 Å². The fourth-order valence-corrected chi connectivity index (χ4v) is 2.19. The van der Waals surface area contributed by atoms with Crippen molar-refractivity contribution in [3.8, 4) is 0 Å². The van der Waals surface area contributed by atoms with Gasteiger partial charge < -0.3 is 0 Å². The van der Waals surface area contributed by atoms with Gasteiger partial charge in [0.25, 0.3) is 0 Å². The standard InChI is InChI=1S/C15H17FN2O3/c1-15(2)14(21)17-13(20)9-18(15)8-12(19)7-10-3-5-11(16)6-4-10/h3-6H,7-9H2,1-2H3,(H,17,20,21). The molecule has 6 heteroatoms. The summed E-state index contributed by atoms with van der Waals surface area (Å²) in [5.41, 5.74) is -0.209. The van der Waals surface area contributed by atoms with Crippen molar-refractivity contribution in [2.75, 3.05) is 13.1 Å². The van der Waals surface area contributed by atoms with E-state index in [0.29, 0.717) is 5.56 Å². The predicted molar refractivity (Wildman–Crippen MR) is 73.9 cm³/mol. The molecule has 2 amide bonds. The van der Waals surface area contributed by atoms with Crippen molar-refractivity contribution in [2.24, 2.45) is 0 Å². The van der Waals surface area contributed by atoms with Crippen molar-refractivity contribution in [3.05, 3.63) is 35.6 Å². The minimum atomic E-state index is -0.910. The molecular formula is C15H17FN2O3. The van der Waals surface area contributed by atoms with Crippen LogP contribution in [0.2, 0.25) is 0 Å². The van der Waals surface area contributed by atoms with Gasteiger partial charge in [0.05, 0.1) is 18.6 Å². The van der Waals surface area contributed by atoms with E-state index in [-0.39, 0.29) is 31.1 Å².